The summed E-state index contributed by atoms with van der Waals surface area (Å²) in [7, 11) is 1.29. The first kappa shape index (κ1) is 14.8. The van der Waals surface area contributed by atoms with Gasteiger partial charge in [0.1, 0.15) is 0 Å². The maximum absolute atomic E-state index is 12.1. The van der Waals surface area contributed by atoms with Crippen molar-refractivity contribution in [2.75, 3.05) is 20.2 Å². The molecule has 1 fully saturated rings. The standard InChI is InChI=1S/C12H18N2O3S/c1-4-6-13-12-14(7-5-2)11(16)9(18-12)8-10(15)17-3/h8H,4-7H2,1-3H3/b9-8-,13-12?. The number of rotatable bonds is 5. The lowest BCUT2D eigenvalue weighted by molar-refractivity contribution is -0.135. The number of methoxy groups -OCH3 is 1. The highest BCUT2D eigenvalue weighted by Gasteiger charge is 2.33. The second-order valence-corrected chi connectivity index (χ2v) is 4.76. The molecule has 1 amide bonds. The fourth-order valence-corrected chi connectivity index (χ4v) is 2.41. The number of carbonyl (C=O) groups is 2. The number of hydrogen-bond acceptors (Lipinski definition) is 5. The second-order valence-electron chi connectivity index (χ2n) is 3.75. The van der Waals surface area contributed by atoms with Crippen LogP contribution < -0.4 is 0 Å². The Balaban J connectivity index is 2.91. The lowest BCUT2D eigenvalue weighted by atomic mass is 10.4. The van der Waals surface area contributed by atoms with Crippen molar-refractivity contribution in [2.45, 2.75) is 26.7 Å². The first-order valence-electron chi connectivity index (χ1n) is 5.97. The first-order valence-corrected chi connectivity index (χ1v) is 6.79. The largest absolute Gasteiger partial charge is 0.466 e. The Morgan fingerprint density at radius 3 is 2.72 bits per heavy atom. The molecule has 0 aromatic carbocycles. The average molecular weight is 270 g/mol. The van der Waals surface area contributed by atoms with Crippen molar-refractivity contribution in [1.29, 1.82) is 0 Å². The molecule has 5 nitrogen and oxygen atoms in total. The van der Waals surface area contributed by atoms with Crippen LogP contribution in [-0.4, -0.2) is 42.1 Å². The number of amidine groups is 1. The van der Waals surface area contributed by atoms with Gasteiger partial charge >= 0.3 is 5.97 Å². The smallest absolute Gasteiger partial charge is 0.331 e. The molecule has 6 heteroatoms. The summed E-state index contributed by atoms with van der Waals surface area (Å²) in [4.78, 5) is 29.6. The van der Waals surface area contributed by atoms with Gasteiger partial charge in [0.25, 0.3) is 5.91 Å². The van der Waals surface area contributed by atoms with Crippen LogP contribution in [0.1, 0.15) is 26.7 Å². The van der Waals surface area contributed by atoms with E-state index >= 15 is 0 Å². The van der Waals surface area contributed by atoms with E-state index in [1.54, 1.807) is 4.90 Å². The summed E-state index contributed by atoms with van der Waals surface area (Å²) in [5.41, 5.74) is 0. The zero-order chi connectivity index (χ0) is 13.5. The molecule has 0 atom stereocenters. The van der Waals surface area contributed by atoms with Gasteiger partial charge in [0.05, 0.1) is 12.0 Å². The molecule has 1 rings (SSSR count). The van der Waals surface area contributed by atoms with E-state index in [1.165, 1.54) is 24.9 Å². The van der Waals surface area contributed by atoms with Gasteiger partial charge in [-0.3, -0.25) is 14.7 Å². The molecule has 0 N–H and O–H groups in total. The summed E-state index contributed by atoms with van der Waals surface area (Å²) in [6, 6.07) is 0. The molecule has 0 aromatic heterocycles. The van der Waals surface area contributed by atoms with Gasteiger partial charge in [-0.1, -0.05) is 13.8 Å². The van der Waals surface area contributed by atoms with E-state index in [0.717, 1.165) is 12.8 Å². The fourth-order valence-electron chi connectivity index (χ4n) is 1.42. The molecular weight excluding hydrogens is 252 g/mol. The number of esters is 1. The average Bonchev–Trinajstić information content (AvgIpc) is 2.65. The van der Waals surface area contributed by atoms with E-state index in [9.17, 15) is 9.59 Å². The molecule has 0 unspecified atom stereocenters. The number of thioether (sulfide) groups is 1. The Bertz CT molecular complexity index is 391. The second kappa shape index (κ2) is 7.20. The first-order chi connectivity index (χ1) is 8.63. The monoisotopic (exact) mass is 270 g/mol. The zero-order valence-electron chi connectivity index (χ0n) is 10.9. The van der Waals surface area contributed by atoms with E-state index in [0.29, 0.717) is 23.2 Å². The molecule has 0 aliphatic carbocycles. The Labute approximate surface area is 111 Å². The third-order valence-corrected chi connectivity index (χ3v) is 3.30. The van der Waals surface area contributed by atoms with Crippen molar-refractivity contribution in [3.8, 4) is 0 Å². The van der Waals surface area contributed by atoms with Crippen molar-refractivity contribution in [3.05, 3.63) is 11.0 Å². The van der Waals surface area contributed by atoms with Gasteiger partial charge in [0.2, 0.25) is 0 Å². The number of ether oxygens (including phenoxy) is 1. The van der Waals surface area contributed by atoms with E-state index in [-0.39, 0.29) is 5.91 Å². The molecule has 0 saturated carbocycles. The minimum Gasteiger partial charge on any atom is -0.466 e. The summed E-state index contributed by atoms with van der Waals surface area (Å²) in [5, 5.41) is 0.679. The van der Waals surface area contributed by atoms with Gasteiger partial charge in [-0.2, -0.15) is 0 Å². The molecule has 0 radical (unpaired) electrons. The molecule has 1 saturated heterocycles. The van der Waals surface area contributed by atoms with E-state index < -0.39 is 5.97 Å². The Morgan fingerprint density at radius 1 is 1.44 bits per heavy atom. The molecule has 0 aromatic rings. The molecule has 0 bridgehead atoms. The van der Waals surface area contributed by atoms with Crippen LogP contribution in [0.25, 0.3) is 0 Å². The van der Waals surface area contributed by atoms with Crippen LogP contribution in [0.2, 0.25) is 0 Å². The van der Waals surface area contributed by atoms with Crippen molar-refractivity contribution in [3.63, 3.8) is 0 Å². The van der Waals surface area contributed by atoms with E-state index in [1.807, 2.05) is 13.8 Å². The lowest BCUT2D eigenvalue weighted by Crippen LogP contribution is -2.30. The van der Waals surface area contributed by atoms with E-state index in [4.69, 9.17) is 0 Å². The molecular formula is C12H18N2O3S. The highest BCUT2D eigenvalue weighted by atomic mass is 32.2. The molecule has 100 valence electrons. The quantitative estimate of drug-likeness (QED) is 0.564. The normalized spacial score (nSPS) is 19.9. The van der Waals surface area contributed by atoms with Crippen molar-refractivity contribution < 1.29 is 14.3 Å². The third kappa shape index (κ3) is 3.60. The molecule has 1 heterocycles. The van der Waals surface area contributed by atoms with Crippen molar-refractivity contribution >= 4 is 28.8 Å². The zero-order valence-corrected chi connectivity index (χ0v) is 11.7. The Kier molecular flexibility index (Phi) is 5.91. The maximum atomic E-state index is 12.1. The predicted octanol–water partition coefficient (Wildman–Crippen LogP) is 1.79. The lowest BCUT2D eigenvalue weighted by Gasteiger charge is -2.13. The third-order valence-electron chi connectivity index (χ3n) is 2.26. The predicted molar refractivity (Wildman–Crippen MR) is 72.3 cm³/mol. The van der Waals surface area contributed by atoms with E-state index in [2.05, 4.69) is 9.73 Å². The summed E-state index contributed by atoms with van der Waals surface area (Å²) in [6.07, 6.45) is 3.00. The number of nitrogens with zero attached hydrogens (tertiary/aromatic N) is 2. The van der Waals surface area contributed by atoms with Gasteiger partial charge in [-0.05, 0) is 24.6 Å². The minimum absolute atomic E-state index is 0.165. The topological polar surface area (TPSA) is 59.0 Å². The summed E-state index contributed by atoms with van der Waals surface area (Å²) in [6.45, 7) is 5.33. The number of amides is 1. The number of aliphatic imine (C=N–C) groups is 1. The fraction of sp³-hybridized carbons (Fsp3) is 0.583. The summed E-state index contributed by atoms with van der Waals surface area (Å²) < 4.78 is 4.53. The van der Waals surface area contributed by atoms with Crippen LogP contribution in [0, 0.1) is 0 Å². The molecule has 18 heavy (non-hydrogen) atoms. The van der Waals surface area contributed by atoms with Gasteiger partial charge in [0.15, 0.2) is 5.17 Å². The Hall–Kier alpha value is -1.30. The minimum atomic E-state index is -0.515. The van der Waals surface area contributed by atoms with Gasteiger partial charge in [-0.25, -0.2) is 4.79 Å². The highest BCUT2D eigenvalue weighted by Crippen LogP contribution is 2.30. The number of carbonyl (C=O) groups excluding carboxylic acids is 2. The van der Waals surface area contributed by atoms with Crippen LogP contribution in [0.3, 0.4) is 0 Å². The van der Waals surface area contributed by atoms with Crippen LogP contribution in [0.5, 0.6) is 0 Å². The molecule has 0 spiro atoms. The number of hydrogen-bond donors (Lipinski definition) is 0. The van der Waals surface area contributed by atoms with Gasteiger partial charge in [-0.15, -0.1) is 0 Å². The molecule has 1 aliphatic rings. The SMILES string of the molecule is CCCN=C1S/C(=C\C(=O)OC)C(=O)N1CCC. The summed E-state index contributed by atoms with van der Waals surface area (Å²) >= 11 is 1.24. The van der Waals surface area contributed by atoms with Gasteiger partial charge in [0, 0.05) is 19.2 Å². The van der Waals surface area contributed by atoms with Crippen molar-refractivity contribution in [2.24, 2.45) is 4.99 Å². The maximum Gasteiger partial charge on any atom is 0.331 e. The van der Waals surface area contributed by atoms with Gasteiger partial charge < -0.3 is 4.74 Å². The van der Waals surface area contributed by atoms with Crippen molar-refractivity contribution in [1.82, 2.24) is 4.90 Å². The van der Waals surface area contributed by atoms with Crippen LogP contribution in [-0.2, 0) is 14.3 Å². The van der Waals surface area contributed by atoms with Crippen LogP contribution >= 0.6 is 11.8 Å². The van der Waals surface area contributed by atoms with Crippen LogP contribution in [0.15, 0.2) is 16.0 Å². The molecule has 1 aliphatic heterocycles. The summed E-state index contributed by atoms with van der Waals surface area (Å²) in [5.74, 6) is -0.679. The highest BCUT2D eigenvalue weighted by molar-refractivity contribution is 8.18. The Morgan fingerprint density at radius 2 is 2.17 bits per heavy atom. The van der Waals surface area contributed by atoms with Crippen LogP contribution in [0.4, 0.5) is 0 Å².